The van der Waals surface area contributed by atoms with Gasteiger partial charge in [-0.1, -0.05) is 164 Å². The van der Waals surface area contributed by atoms with E-state index >= 15 is 0 Å². The van der Waals surface area contributed by atoms with E-state index in [9.17, 15) is 0 Å². The second-order valence-corrected chi connectivity index (χ2v) is 13.7. The first-order valence-electron chi connectivity index (χ1n) is 18.5. The lowest BCUT2D eigenvalue weighted by molar-refractivity contribution is 1.20. The van der Waals surface area contributed by atoms with Gasteiger partial charge in [0.15, 0.2) is 0 Å². The third kappa shape index (κ3) is 5.44. The standard InChI is InChI=1S/C52H36N2/c1-3-16-37(17-4-1)45-25-11-13-27-49(45)53(41-20-5-2-6-21-41)42-33-30-39(31-34-42)43-22-9-10-23-44(43)40-32-35-52-48(36-40)47-26-12-14-28-51(47)54(52)50-29-15-19-38-18-7-8-24-46(38)50/h1-36H. The lowest BCUT2D eigenvalue weighted by Crippen LogP contribution is -2.11. The smallest absolute Gasteiger partial charge is 0.0541 e. The first-order chi connectivity index (χ1) is 26.8. The topological polar surface area (TPSA) is 8.17 Å². The third-order valence-electron chi connectivity index (χ3n) is 10.6. The minimum atomic E-state index is 1.11. The summed E-state index contributed by atoms with van der Waals surface area (Å²) in [6.45, 7) is 0. The summed E-state index contributed by atoms with van der Waals surface area (Å²) in [5.74, 6) is 0. The Morgan fingerprint density at radius 3 is 1.65 bits per heavy atom. The summed E-state index contributed by atoms with van der Waals surface area (Å²) in [5, 5.41) is 4.98. The van der Waals surface area contributed by atoms with Gasteiger partial charge in [-0.25, -0.2) is 0 Å². The summed E-state index contributed by atoms with van der Waals surface area (Å²) in [4.78, 5) is 2.36. The van der Waals surface area contributed by atoms with E-state index in [4.69, 9.17) is 0 Å². The highest BCUT2D eigenvalue weighted by atomic mass is 15.1. The Morgan fingerprint density at radius 1 is 0.315 bits per heavy atom. The van der Waals surface area contributed by atoms with E-state index < -0.39 is 0 Å². The highest BCUT2D eigenvalue weighted by Gasteiger charge is 2.19. The molecule has 0 saturated carbocycles. The summed E-state index contributed by atoms with van der Waals surface area (Å²) in [6.07, 6.45) is 0. The van der Waals surface area contributed by atoms with Crippen molar-refractivity contribution in [2.24, 2.45) is 0 Å². The van der Waals surface area contributed by atoms with E-state index in [1.165, 1.54) is 71.6 Å². The molecule has 0 bridgehead atoms. The molecule has 254 valence electrons. The van der Waals surface area contributed by atoms with Crippen molar-refractivity contribution in [1.82, 2.24) is 4.57 Å². The normalized spacial score (nSPS) is 11.3. The fraction of sp³-hybridized carbons (Fsp3) is 0. The lowest BCUT2D eigenvalue weighted by Gasteiger charge is -2.28. The fourth-order valence-corrected chi connectivity index (χ4v) is 8.11. The quantitative estimate of drug-likeness (QED) is 0.162. The average Bonchev–Trinajstić information content (AvgIpc) is 3.58. The minimum Gasteiger partial charge on any atom is -0.310 e. The third-order valence-corrected chi connectivity index (χ3v) is 10.6. The van der Waals surface area contributed by atoms with Crippen molar-refractivity contribution in [1.29, 1.82) is 0 Å². The van der Waals surface area contributed by atoms with Crippen molar-refractivity contribution in [2.45, 2.75) is 0 Å². The van der Waals surface area contributed by atoms with Crippen molar-refractivity contribution in [3.63, 3.8) is 0 Å². The number of rotatable bonds is 7. The highest BCUT2D eigenvalue weighted by molar-refractivity contribution is 6.12. The van der Waals surface area contributed by atoms with Gasteiger partial charge in [-0.15, -0.1) is 0 Å². The molecule has 0 saturated heterocycles. The minimum absolute atomic E-state index is 1.11. The molecule has 0 fully saturated rings. The van der Waals surface area contributed by atoms with Crippen LogP contribution in [0.1, 0.15) is 0 Å². The lowest BCUT2D eigenvalue weighted by atomic mass is 9.93. The van der Waals surface area contributed by atoms with Crippen LogP contribution in [0.3, 0.4) is 0 Å². The van der Waals surface area contributed by atoms with Crippen molar-refractivity contribution in [3.05, 3.63) is 218 Å². The number of anilines is 3. The molecule has 0 aliphatic heterocycles. The van der Waals surface area contributed by atoms with Gasteiger partial charge >= 0.3 is 0 Å². The molecule has 9 aromatic carbocycles. The molecule has 0 amide bonds. The van der Waals surface area contributed by atoms with Crippen molar-refractivity contribution in [2.75, 3.05) is 4.90 Å². The monoisotopic (exact) mass is 688 g/mol. The number of benzene rings is 9. The first kappa shape index (κ1) is 31.6. The Labute approximate surface area is 315 Å². The fourth-order valence-electron chi connectivity index (χ4n) is 8.11. The van der Waals surface area contributed by atoms with Crippen LogP contribution in [0.25, 0.3) is 71.6 Å². The second kappa shape index (κ2) is 13.4. The largest absolute Gasteiger partial charge is 0.310 e. The molecule has 2 heteroatoms. The SMILES string of the molecule is c1ccc(-c2ccccc2N(c2ccccc2)c2ccc(-c3ccccc3-c3ccc4c(c3)c3ccccc3n4-c3cccc4ccccc34)cc2)cc1. The Bertz CT molecular complexity index is 2920. The molecule has 0 atom stereocenters. The van der Waals surface area contributed by atoms with E-state index in [0.717, 1.165) is 17.1 Å². The van der Waals surface area contributed by atoms with E-state index in [2.05, 4.69) is 228 Å². The van der Waals surface area contributed by atoms with Crippen molar-refractivity contribution < 1.29 is 0 Å². The summed E-state index contributed by atoms with van der Waals surface area (Å²) in [5.41, 5.74) is 14.1. The van der Waals surface area contributed by atoms with Gasteiger partial charge in [-0.3, -0.25) is 0 Å². The molecule has 1 heterocycles. The zero-order chi connectivity index (χ0) is 35.8. The highest BCUT2D eigenvalue weighted by Crippen LogP contribution is 2.43. The van der Waals surface area contributed by atoms with E-state index in [1.807, 2.05) is 0 Å². The second-order valence-electron chi connectivity index (χ2n) is 13.7. The molecule has 0 N–H and O–H groups in total. The average molecular weight is 689 g/mol. The number of aromatic nitrogens is 1. The van der Waals surface area contributed by atoms with Crippen LogP contribution in [-0.2, 0) is 0 Å². The molecule has 0 aliphatic carbocycles. The molecule has 10 rings (SSSR count). The van der Waals surface area contributed by atoms with Gasteiger partial charge in [0, 0.05) is 33.1 Å². The molecule has 10 aromatic rings. The first-order valence-corrected chi connectivity index (χ1v) is 18.5. The number of para-hydroxylation sites is 3. The van der Waals surface area contributed by atoms with Gasteiger partial charge in [0.1, 0.15) is 0 Å². The van der Waals surface area contributed by atoms with E-state index in [-0.39, 0.29) is 0 Å². The van der Waals surface area contributed by atoms with Crippen molar-refractivity contribution in [3.8, 4) is 39.1 Å². The van der Waals surface area contributed by atoms with Crippen LogP contribution >= 0.6 is 0 Å². The van der Waals surface area contributed by atoms with Crippen LogP contribution in [0.4, 0.5) is 17.1 Å². The van der Waals surface area contributed by atoms with Crippen LogP contribution in [0.2, 0.25) is 0 Å². The number of hydrogen-bond acceptors (Lipinski definition) is 1. The number of hydrogen-bond donors (Lipinski definition) is 0. The van der Waals surface area contributed by atoms with Crippen LogP contribution < -0.4 is 4.90 Å². The molecule has 0 spiro atoms. The molecular weight excluding hydrogens is 653 g/mol. The summed E-state index contributed by atoms with van der Waals surface area (Å²) in [6, 6.07) is 78.8. The Kier molecular flexibility index (Phi) is 7.85. The van der Waals surface area contributed by atoms with Gasteiger partial charge < -0.3 is 9.47 Å². The van der Waals surface area contributed by atoms with Crippen LogP contribution in [0, 0.1) is 0 Å². The van der Waals surface area contributed by atoms with Gasteiger partial charge in [-0.05, 0) is 87.8 Å². The van der Waals surface area contributed by atoms with Crippen LogP contribution in [0.5, 0.6) is 0 Å². The predicted octanol–water partition coefficient (Wildman–Crippen LogP) is 14.4. The maximum absolute atomic E-state index is 2.43. The molecule has 0 radical (unpaired) electrons. The molecule has 1 aromatic heterocycles. The number of fused-ring (bicyclic) bond motifs is 4. The maximum Gasteiger partial charge on any atom is 0.0541 e. The van der Waals surface area contributed by atoms with Gasteiger partial charge in [0.05, 0.1) is 22.4 Å². The molecule has 54 heavy (non-hydrogen) atoms. The Morgan fingerprint density at radius 2 is 0.852 bits per heavy atom. The van der Waals surface area contributed by atoms with Crippen LogP contribution in [0.15, 0.2) is 218 Å². The molecule has 0 aliphatic rings. The zero-order valence-corrected chi connectivity index (χ0v) is 29.7. The molecular formula is C52H36N2. The zero-order valence-electron chi connectivity index (χ0n) is 29.7. The van der Waals surface area contributed by atoms with Crippen molar-refractivity contribution >= 4 is 49.6 Å². The molecule has 0 unspecified atom stereocenters. The maximum atomic E-state index is 2.43. The van der Waals surface area contributed by atoms with E-state index in [1.54, 1.807) is 0 Å². The summed E-state index contributed by atoms with van der Waals surface area (Å²) in [7, 11) is 0. The van der Waals surface area contributed by atoms with Gasteiger partial charge in [-0.2, -0.15) is 0 Å². The summed E-state index contributed by atoms with van der Waals surface area (Å²) < 4.78 is 2.43. The van der Waals surface area contributed by atoms with Gasteiger partial charge in [0.25, 0.3) is 0 Å². The summed E-state index contributed by atoms with van der Waals surface area (Å²) >= 11 is 0. The van der Waals surface area contributed by atoms with E-state index in [0.29, 0.717) is 0 Å². The number of nitrogens with zero attached hydrogens (tertiary/aromatic N) is 2. The van der Waals surface area contributed by atoms with Gasteiger partial charge in [0.2, 0.25) is 0 Å². The predicted molar refractivity (Wildman–Crippen MR) is 229 cm³/mol. The molecule has 2 nitrogen and oxygen atoms in total. The Hall–Kier alpha value is -7.16. The van der Waals surface area contributed by atoms with Crippen LogP contribution in [-0.4, -0.2) is 4.57 Å². The Balaban J connectivity index is 1.08.